The first-order chi connectivity index (χ1) is 6.07. The van der Waals surface area contributed by atoms with Gasteiger partial charge in [-0.2, -0.15) is 0 Å². The third-order valence-corrected chi connectivity index (χ3v) is 1.28. The molecule has 13 heavy (non-hydrogen) atoms. The number of rotatable bonds is 4. The molecule has 4 heteroatoms. The molecule has 4 nitrogen and oxygen atoms in total. The van der Waals surface area contributed by atoms with Crippen molar-refractivity contribution in [2.75, 3.05) is 0 Å². The van der Waals surface area contributed by atoms with Gasteiger partial charge < -0.3 is 10.4 Å². The largest absolute Gasteiger partial charge is 0.480 e. The first-order valence-corrected chi connectivity index (χ1v) is 3.90. The third kappa shape index (κ3) is 5.66. The Morgan fingerprint density at radius 3 is 2.46 bits per heavy atom. The van der Waals surface area contributed by atoms with Crippen LogP contribution in [0.4, 0.5) is 0 Å². The fourth-order valence-electron chi connectivity index (χ4n) is 0.577. The maximum Gasteiger partial charge on any atom is 0.325 e. The molecule has 0 unspecified atom stereocenters. The number of allylic oxidation sites excluding steroid dienone is 3. The van der Waals surface area contributed by atoms with Crippen molar-refractivity contribution in [1.82, 2.24) is 5.32 Å². The highest BCUT2D eigenvalue weighted by Crippen LogP contribution is 1.83. The van der Waals surface area contributed by atoms with Crippen LogP contribution in [0.15, 0.2) is 24.3 Å². The zero-order valence-corrected chi connectivity index (χ0v) is 7.65. The molecule has 1 amide bonds. The zero-order valence-electron chi connectivity index (χ0n) is 7.65. The van der Waals surface area contributed by atoms with Crippen LogP contribution in [0.2, 0.25) is 0 Å². The number of carboxylic acids is 1. The predicted molar refractivity (Wildman–Crippen MR) is 49.2 cm³/mol. The number of amides is 1. The van der Waals surface area contributed by atoms with Crippen LogP contribution in [0.5, 0.6) is 0 Å². The van der Waals surface area contributed by atoms with Crippen LogP contribution in [-0.2, 0) is 9.59 Å². The quantitative estimate of drug-likeness (QED) is 0.498. The lowest BCUT2D eigenvalue weighted by atomic mass is 10.3. The minimum atomic E-state index is -1.05. The molecule has 0 aromatic rings. The van der Waals surface area contributed by atoms with E-state index in [1.165, 1.54) is 13.0 Å². The van der Waals surface area contributed by atoms with E-state index in [1.807, 2.05) is 6.92 Å². The van der Waals surface area contributed by atoms with Gasteiger partial charge in [0.05, 0.1) is 0 Å². The smallest absolute Gasteiger partial charge is 0.325 e. The van der Waals surface area contributed by atoms with Crippen molar-refractivity contribution in [3.05, 3.63) is 24.3 Å². The van der Waals surface area contributed by atoms with Crippen LogP contribution in [0.25, 0.3) is 0 Å². The van der Waals surface area contributed by atoms with E-state index in [1.54, 1.807) is 18.2 Å². The summed E-state index contributed by atoms with van der Waals surface area (Å²) in [4.78, 5) is 21.2. The second-order valence-corrected chi connectivity index (χ2v) is 2.45. The van der Waals surface area contributed by atoms with Gasteiger partial charge in [-0.05, 0) is 13.8 Å². The van der Waals surface area contributed by atoms with Gasteiger partial charge in [0, 0.05) is 6.08 Å². The van der Waals surface area contributed by atoms with Gasteiger partial charge in [0.2, 0.25) is 5.91 Å². The molecule has 0 aromatic carbocycles. The summed E-state index contributed by atoms with van der Waals surface area (Å²) in [5.41, 5.74) is 0. The van der Waals surface area contributed by atoms with E-state index in [9.17, 15) is 9.59 Å². The molecule has 0 fully saturated rings. The van der Waals surface area contributed by atoms with E-state index in [0.717, 1.165) is 0 Å². The number of carbonyl (C=O) groups excluding carboxylic acids is 1. The number of carboxylic acid groups (broad SMARTS) is 1. The van der Waals surface area contributed by atoms with Crippen molar-refractivity contribution in [1.29, 1.82) is 0 Å². The summed E-state index contributed by atoms with van der Waals surface area (Å²) in [5, 5.41) is 10.7. The summed E-state index contributed by atoms with van der Waals surface area (Å²) in [7, 11) is 0. The second kappa shape index (κ2) is 5.99. The normalized spacial score (nSPS) is 13.4. The molecule has 0 aliphatic heterocycles. The third-order valence-electron chi connectivity index (χ3n) is 1.28. The van der Waals surface area contributed by atoms with Gasteiger partial charge in [0.15, 0.2) is 0 Å². The minimum absolute atomic E-state index is 0.409. The molecule has 0 aromatic heterocycles. The lowest BCUT2D eigenvalue weighted by molar-refractivity contribution is -0.140. The van der Waals surface area contributed by atoms with Crippen molar-refractivity contribution in [2.24, 2.45) is 0 Å². The minimum Gasteiger partial charge on any atom is -0.480 e. The monoisotopic (exact) mass is 183 g/mol. The van der Waals surface area contributed by atoms with E-state index in [4.69, 9.17) is 5.11 Å². The lowest BCUT2D eigenvalue weighted by Gasteiger charge is -2.05. The summed E-state index contributed by atoms with van der Waals surface area (Å²) in [6.45, 7) is 3.23. The van der Waals surface area contributed by atoms with Crippen molar-refractivity contribution in [3.8, 4) is 0 Å². The molecule has 0 saturated carbocycles. The van der Waals surface area contributed by atoms with Gasteiger partial charge in [-0.1, -0.05) is 18.2 Å². The fourth-order valence-corrected chi connectivity index (χ4v) is 0.577. The van der Waals surface area contributed by atoms with Crippen molar-refractivity contribution in [2.45, 2.75) is 19.9 Å². The fraction of sp³-hybridized carbons (Fsp3) is 0.333. The van der Waals surface area contributed by atoms with Crippen LogP contribution < -0.4 is 5.32 Å². The average molecular weight is 183 g/mol. The maximum atomic E-state index is 10.9. The van der Waals surface area contributed by atoms with Gasteiger partial charge in [0.1, 0.15) is 6.04 Å². The second-order valence-electron chi connectivity index (χ2n) is 2.45. The molecule has 0 radical (unpaired) electrons. The number of nitrogens with one attached hydrogen (secondary N) is 1. The van der Waals surface area contributed by atoms with Crippen LogP contribution in [-0.4, -0.2) is 23.0 Å². The van der Waals surface area contributed by atoms with Gasteiger partial charge in [0.25, 0.3) is 0 Å². The highest BCUT2D eigenvalue weighted by Gasteiger charge is 2.11. The highest BCUT2D eigenvalue weighted by molar-refractivity contribution is 5.91. The van der Waals surface area contributed by atoms with Crippen molar-refractivity contribution >= 4 is 11.9 Å². The van der Waals surface area contributed by atoms with Crippen LogP contribution >= 0.6 is 0 Å². The molecule has 1 atom stereocenters. The summed E-state index contributed by atoms with van der Waals surface area (Å²) in [6, 6.07) is -0.859. The Hall–Kier alpha value is -1.58. The Labute approximate surface area is 76.9 Å². The van der Waals surface area contributed by atoms with E-state index in [-0.39, 0.29) is 0 Å². The number of aliphatic carboxylic acids is 1. The Kier molecular flexibility index (Phi) is 5.27. The summed E-state index contributed by atoms with van der Waals surface area (Å²) >= 11 is 0. The molecule has 0 rings (SSSR count). The van der Waals surface area contributed by atoms with Crippen LogP contribution in [0.1, 0.15) is 13.8 Å². The molecule has 72 valence electrons. The number of hydrogen-bond donors (Lipinski definition) is 2. The lowest BCUT2D eigenvalue weighted by Crippen LogP contribution is -2.37. The Balaban J connectivity index is 3.94. The average Bonchev–Trinajstić information content (AvgIpc) is 2.04. The van der Waals surface area contributed by atoms with E-state index >= 15 is 0 Å². The van der Waals surface area contributed by atoms with Crippen molar-refractivity contribution < 1.29 is 14.7 Å². The molecule has 0 bridgehead atoms. The molecular formula is C9H13NO3. The van der Waals surface area contributed by atoms with Crippen LogP contribution in [0, 0.1) is 0 Å². The van der Waals surface area contributed by atoms with E-state index in [0.29, 0.717) is 0 Å². The summed E-state index contributed by atoms with van der Waals surface area (Å²) < 4.78 is 0. The number of carbonyl (C=O) groups is 2. The van der Waals surface area contributed by atoms with Crippen molar-refractivity contribution in [3.63, 3.8) is 0 Å². The highest BCUT2D eigenvalue weighted by atomic mass is 16.4. The molecule has 0 saturated heterocycles. The van der Waals surface area contributed by atoms with Gasteiger partial charge in [-0.25, -0.2) is 0 Å². The summed E-state index contributed by atoms with van der Waals surface area (Å²) in [6.07, 6.45) is 6.28. The zero-order chi connectivity index (χ0) is 10.3. The predicted octanol–water partition coefficient (Wildman–Crippen LogP) is 0.708. The Bertz CT molecular complexity index is 243. The number of hydrogen-bond acceptors (Lipinski definition) is 2. The topological polar surface area (TPSA) is 66.4 Å². The Morgan fingerprint density at radius 2 is 2.00 bits per heavy atom. The van der Waals surface area contributed by atoms with E-state index in [2.05, 4.69) is 5.32 Å². The first kappa shape index (κ1) is 11.4. The van der Waals surface area contributed by atoms with E-state index < -0.39 is 17.9 Å². The molecule has 0 aliphatic rings. The molecule has 0 spiro atoms. The molecule has 0 heterocycles. The first-order valence-electron chi connectivity index (χ1n) is 3.90. The summed E-state index contributed by atoms with van der Waals surface area (Å²) in [5.74, 6) is -1.46. The standard InChI is InChI=1S/C9H13NO3/c1-3-4-5-6-8(11)10-7(2)9(12)13/h3-7H,1-2H3,(H,10,11)(H,12,13)/b4-3+,6-5+/t7-/m1/s1. The van der Waals surface area contributed by atoms with Gasteiger partial charge >= 0.3 is 5.97 Å². The SMILES string of the molecule is C/C=C/C=C/C(=O)N[C@H](C)C(=O)O. The maximum absolute atomic E-state index is 10.9. The Morgan fingerprint density at radius 1 is 1.38 bits per heavy atom. The van der Waals surface area contributed by atoms with Gasteiger partial charge in [-0.3, -0.25) is 9.59 Å². The molecular weight excluding hydrogens is 170 g/mol. The van der Waals surface area contributed by atoms with Gasteiger partial charge in [-0.15, -0.1) is 0 Å². The molecule has 2 N–H and O–H groups in total. The van der Waals surface area contributed by atoms with Crippen LogP contribution in [0.3, 0.4) is 0 Å². The molecule has 0 aliphatic carbocycles.